The molecule has 0 bridgehead atoms. The maximum atomic E-state index is 11.8. The van der Waals surface area contributed by atoms with Crippen LogP contribution in [-0.2, 0) is 20.7 Å². The Kier molecular flexibility index (Phi) is 13.6. The Morgan fingerprint density at radius 1 is 0.968 bits per heavy atom. The fraction of sp³-hybridized carbons (Fsp3) is 0.680. The molecule has 0 spiro atoms. The maximum Gasteiger partial charge on any atom is 0.313 e. The summed E-state index contributed by atoms with van der Waals surface area (Å²) in [4.78, 5) is 23.1. The predicted octanol–water partition coefficient (Wildman–Crippen LogP) is 5.23. The van der Waals surface area contributed by atoms with Gasteiger partial charge >= 0.3 is 11.9 Å². The normalized spacial score (nSPS) is 11.9. The number of rotatable bonds is 16. The van der Waals surface area contributed by atoms with Crippen LogP contribution in [0.25, 0.3) is 0 Å². The van der Waals surface area contributed by atoms with Crippen LogP contribution >= 0.6 is 0 Å². The molecule has 0 heterocycles. The van der Waals surface area contributed by atoms with Gasteiger partial charge in [-0.05, 0) is 50.3 Å². The van der Waals surface area contributed by atoms with Crippen molar-refractivity contribution in [3.05, 3.63) is 23.8 Å². The number of esters is 2. The van der Waals surface area contributed by atoms with Crippen molar-refractivity contribution in [3.8, 4) is 11.5 Å². The third-order valence-corrected chi connectivity index (χ3v) is 5.15. The third kappa shape index (κ3) is 11.8. The van der Waals surface area contributed by atoms with Crippen LogP contribution in [0.4, 0.5) is 0 Å². The summed E-state index contributed by atoms with van der Waals surface area (Å²) in [5.41, 5.74) is 1.04. The molecule has 1 aromatic carbocycles. The van der Waals surface area contributed by atoms with Crippen LogP contribution in [0.15, 0.2) is 18.2 Å². The Morgan fingerprint density at radius 2 is 1.65 bits per heavy atom. The highest BCUT2D eigenvalue weighted by molar-refractivity contribution is 5.75. The summed E-state index contributed by atoms with van der Waals surface area (Å²) >= 11 is 0. The number of unbranched alkanes of at least 4 members (excludes halogenated alkanes) is 5. The van der Waals surface area contributed by atoms with Crippen molar-refractivity contribution in [2.24, 2.45) is 5.92 Å². The zero-order valence-corrected chi connectivity index (χ0v) is 19.7. The Balaban J connectivity index is 2.22. The Labute approximate surface area is 187 Å². The highest BCUT2D eigenvalue weighted by atomic mass is 16.6. The number of methoxy groups -OCH3 is 1. The van der Waals surface area contributed by atoms with Crippen LogP contribution in [0.5, 0.6) is 11.5 Å². The zero-order valence-electron chi connectivity index (χ0n) is 19.7. The quantitative estimate of drug-likeness (QED) is 0.217. The molecular weight excluding hydrogens is 396 g/mol. The molecule has 0 saturated heterocycles. The van der Waals surface area contributed by atoms with E-state index in [1.54, 1.807) is 27.0 Å². The summed E-state index contributed by atoms with van der Waals surface area (Å²) in [6.45, 7) is 5.85. The van der Waals surface area contributed by atoms with Crippen molar-refractivity contribution in [2.75, 3.05) is 13.7 Å². The van der Waals surface area contributed by atoms with Gasteiger partial charge in [0.2, 0.25) is 0 Å². The van der Waals surface area contributed by atoms with E-state index in [4.69, 9.17) is 14.2 Å². The fourth-order valence-electron chi connectivity index (χ4n) is 3.25. The topological polar surface area (TPSA) is 82.1 Å². The van der Waals surface area contributed by atoms with Crippen LogP contribution in [-0.4, -0.2) is 36.9 Å². The molecule has 0 aliphatic carbocycles. The first kappa shape index (κ1) is 27.0. The molecule has 1 rings (SSSR count). The lowest BCUT2D eigenvalue weighted by molar-refractivity contribution is -0.143. The molecule has 0 aliphatic rings. The molecule has 176 valence electrons. The van der Waals surface area contributed by atoms with E-state index < -0.39 is 0 Å². The summed E-state index contributed by atoms with van der Waals surface area (Å²) in [6, 6.07) is 5.53. The van der Waals surface area contributed by atoms with Crippen molar-refractivity contribution in [2.45, 2.75) is 91.1 Å². The van der Waals surface area contributed by atoms with Gasteiger partial charge < -0.3 is 19.3 Å². The smallest absolute Gasteiger partial charge is 0.313 e. The number of carbonyl (C=O) groups is 2. The largest absolute Gasteiger partial charge is 0.493 e. The minimum Gasteiger partial charge on any atom is -0.493 e. The van der Waals surface area contributed by atoms with Gasteiger partial charge in [0.25, 0.3) is 0 Å². The number of hydrogen-bond acceptors (Lipinski definition) is 6. The molecule has 0 aliphatic heterocycles. The van der Waals surface area contributed by atoms with Gasteiger partial charge in [-0.1, -0.05) is 52.0 Å². The van der Waals surface area contributed by atoms with Crippen molar-refractivity contribution in [1.29, 1.82) is 0 Å². The second-order valence-corrected chi connectivity index (χ2v) is 8.22. The summed E-state index contributed by atoms with van der Waals surface area (Å²) < 4.78 is 15.6. The molecule has 6 nitrogen and oxygen atoms in total. The second kappa shape index (κ2) is 15.7. The third-order valence-electron chi connectivity index (χ3n) is 5.15. The first-order valence-corrected chi connectivity index (χ1v) is 11.6. The molecule has 1 unspecified atom stereocenters. The molecule has 0 aromatic heterocycles. The van der Waals surface area contributed by atoms with E-state index in [1.165, 1.54) is 0 Å². The van der Waals surface area contributed by atoms with E-state index in [0.717, 1.165) is 56.9 Å². The van der Waals surface area contributed by atoms with Gasteiger partial charge in [-0.15, -0.1) is 0 Å². The first-order chi connectivity index (χ1) is 14.9. The monoisotopic (exact) mass is 436 g/mol. The molecule has 0 amide bonds. The van der Waals surface area contributed by atoms with Crippen molar-refractivity contribution < 1.29 is 28.9 Å². The summed E-state index contributed by atoms with van der Waals surface area (Å²) in [5.74, 6) is 0.357. The summed E-state index contributed by atoms with van der Waals surface area (Å²) in [6.07, 6.45) is 8.69. The summed E-state index contributed by atoms with van der Waals surface area (Å²) in [7, 11) is 1.55. The Morgan fingerprint density at radius 3 is 2.29 bits per heavy atom. The first-order valence-electron chi connectivity index (χ1n) is 11.6. The lowest BCUT2D eigenvalue weighted by Crippen LogP contribution is -2.15. The average Bonchev–Trinajstić information content (AvgIpc) is 2.74. The molecule has 1 N–H and O–H groups in total. The van der Waals surface area contributed by atoms with Gasteiger partial charge in [-0.2, -0.15) is 0 Å². The molecule has 1 atom stereocenters. The second-order valence-electron chi connectivity index (χ2n) is 8.22. The lowest BCUT2D eigenvalue weighted by Gasteiger charge is -2.14. The molecule has 0 saturated carbocycles. The van der Waals surface area contributed by atoms with E-state index in [1.807, 2.05) is 19.1 Å². The standard InChI is InChI=1S/C25H40O6/c1-5-30-24(27)13-11-9-7-6-8-10-12-21(26)16-14-20-15-17-22(23(18-20)29-4)31-25(28)19(2)3/h15,17-19,21,26H,5-14,16H2,1-4H3. The number of aryl methyl sites for hydroxylation is 1. The van der Waals surface area contributed by atoms with Gasteiger partial charge in [0.05, 0.1) is 25.7 Å². The molecule has 0 fully saturated rings. The Bertz CT molecular complexity index is 655. The lowest BCUT2D eigenvalue weighted by atomic mass is 10.0. The fourth-order valence-corrected chi connectivity index (χ4v) is 3.25. The van der Waals surface area contributed by atoms with Gasteiger partial charge in [0.15, 0.2) is 11.5 Å². The van der Waals surface area contributed by atoms with Crippen LogP contribution < -0.4 is 9.47 Å². The Hall–Kier alpha value is -2.08. The van der Waals surface area contributed by atoms with Crippen LogP contribution in [0.3, 0.4) is 0 Å². The highest BCUT2D eigenvalue weighted by Crippen LogP contribution is 2.29. The molecule has 31 heavy (non-hydrogen) atoms. The van der Waals surface area contributed by atoms with E-state index >= 15 is 0 Å². The molecule has 6 heteroatoms. The van der Waals surface area contributed by atoms with Crippen molar-refractivity contribution >= 4 is 11.9 Å². The van der Waals surface area contributed by atoms with E-state index in [0.29, 0.717) is 30.9 Å². The average molecular weight is 437 g/mol. The SMILES string of the molecule is CCOC(=O)CCCCCCCCC(O)CCc1ccc(OC(=O)C(C)C)c(OC)c1. The number of carbonyl (C=O) groups excluding carboxylic acids is 2. The minimum absolute atomic E-state index is 0.102. The molecule has 1 aromatic rings. The minimum atomic E-state index is -0.326. The van der Waals surface area contributed by atoms with Gasteiger partial charge in [0.1, 0.15) is 0 Å². The maximum absolute atomic E-state index is 11.8. The van der Waals surface area contributed by atoms with E-state index in [-0.39, 0.29) is 24.0 Å². The van der Waals surface area contributed by atoms with Crippen LogP contribution in [0.1, 0.15) is 84.1 Å². The van der Waals surface area contributed by atoms with Gasteiger partial charge in [-0.3, -0.25) is 9.59 Å². The number of aliphatic hydroxyl groups is 1. The molecule has 0 radical (unpaired) electrons. The van der Waals surface area contributed by atoms with Crippen molar-refractivity contribution in [1.82, 2.24) is 0 Å². The highest BCUT2D eigenvalue weighted by Gasteiger charge is 2.14. The predicted molar refractivity (Wildman–Crippen MR) is 121 cm³/mol. The number of benzene rings is 1. The van der Waals surface area contributed by atoms with Gasteiger partial charge in [0, 0.05) is 6.42 Å². The number of ether oxygens (including phenoxy) is 3. The van der Waals surface area contributed by atoms with Crippen LogP contribution in [0, 0.1) is 5.92 Å². The van der Waals surface area contributed by atoms with Crippen LogP contribution in [0.2, 0.25) is 0 Å². The van der Waals surface area contributed by atoms with E-state index in [2.05, 4.69) is 0 Å². The zero-order chi connectivity index (χ0) is 23.1. The van der Waals surface area contributed by atoms with E-state index in [9.17, 15) is 14.7 Å². The number of aliphatic hydroxyl groups excluding tert-OH is 1. The number of hydrogen-bond donors (Lipinski definition) is 1. The summed E-state index contributed by atoms with van der Waals surface area (Å²) in [5, 5.41) is 10.3. The van der Waals surface area contributed by atoms with Gasteiger partial charge in [-0.25, -0.2) is 0 Å². The molecular formula is C25H40O6. The van der Waals surface area contributed by atoms with Crippen molar-refractivity contribution in [3.63, 3.8) is 0 Å².